The molecular weight excluding hydrogens is 382 g/mol. The predicted octanol–water partition coefficient (Wildman–Crippen LogP) is 4.52. The number of benzene rings is 3. The monoisotopic (exact) mass is 405 g/mol. The van der Waals surface area contributed by atoms with Crippen molar-refractivity contribution in [2.75, 3.05) is 28.4 Å². The van der Waals surface area contributed by atoms with E-state index in [-0.39, 0.29) is 5.56 Å². The Balaban J connectivity index is 2.30. The van der Waals surface area contributed by atoms with E-state index >= 15 is 0 Å². The van der Waals surface area contributed by atoms with Gasteiger partial charge in [0.25, 0.3) is 5.56 Å². The molecule has 1 aromatic heterocycles. The van der Waals surface area contributed by atoms with E-state index in [9.17, 15) is 4.79 Å². The highest BCUT2D eigenvalue weighted by molar-refractivity contribution is 6.18. The molecule has 3 aromatic carbocycles. The molecule has 0 saturated heterocycles. The Morgan fingerprint density at radius 1 is 0.800 bits per heavy atom. The average molecular weight is 405 g/mol. The van der Waals surface area contributed by atoms with Crippen LogP contribution in [0.5, 0.6) is 23.0 Å². The molecule has 0 unspecified atom stereocenters. The van der Waals surface area contributed by atoms with Gasteiger partial charge >= 0.3 is 0 Å². The Labute approximate surface area is 173 Å². The summed E-state index contributed by atoms with van der Waals surface area (Å²) < 4.78 is 23.7. The summed E-state index contributed by atoms with van der Waals surface area (Å²) in [7, 11) is 8.04. The molecule has 0 bridgehead atoms. The molecule has 0 saturated carbocycles. The van der Waals surface area contributed by atoms with Gasteiger partial charge < -0.3 is 23.5 Å². The molecular formula is C24H23NO5. The topological polar surface area (TPSA) is 58.9 Å². The number of hydrogen-bond acceptors (Lipinski definition) is 5. The van der Waals surface area contributed by atoms with E-state index in [1.807, 2.05) is 30.3 Å². The summed E-state index contributed by atoms with van der Waals surface area (Å²) in [6.45, 7) is 3.94. The van der Waals surface area contributed by atoms with Crippen molar-refractivity contribution in [2.24, 2.45) is 7.05 Å². The van der Waals surface area contributed by atoms with Gasteiger partial charge in [-0.1, -0.05) is 24.8 Å². The molecule has 4 aromatic rings. The van der Waals surface area contributed by atoms with Crippen LogP contribution in [0.2, 0.25) is 0 Å². The molecule has 4 rings (SSSR count). The van der Waals surface area contributed by atoms with Crippen LogP contribution in [0, 0.1) is 0 Å². The van der Waals surface area contributed by atoms with Crippen molar-refractivity contribution < 1.29 is 18.9 Å². The maximum atomic E-state index is 13.4. The van der Waals surface area contributed by atoms with Crippen LogP contribution in [0.3, 0.4) is 0 Å². The first-order valence-electron chi connectivity index (χ1n) is 9.39. The van der Waals surface area contributed by atoms with Crippen LogP contribution in [0.15, 0.2) is 41.7 Å². The molecule has 0 aliphatic heterocycles. The summed E-state index contributed by atoms with van der Waals surface area (Å²) in [6.07, 6.45) is 1.74. The lowest BCUT2D eigenvalue weighted by atomic mass is 9.96. The van der Waals surface area contributed by atoms with Crippen molar-refractivity contribution in [1.82, 2.24) is 4.57 Å². The third kappa shape index (κ3) is 2.53. The van der Waals surface area contributed by atoms with Gasteiger partial charge in [0, 0.05) is 28.8 Å². The quantitative estimate of drug-likeness (QED) is 0.457. The standard InChI is InChI=1S/C24H23NO5/c1-7-13-14-8-9-16-15-10-11-18(27-3)23(30-6)20(15)24(26)25(2)21(16)17(14)12-19(28-4)22(13)29-5/h7-12H,1H2,2-6H3. The van der Waals surface area contributed by atoms with Crippen LogP contribution in [-0.4, -0.2) is 33.0 Å². The Morgan fingerprint density at radius 3 is 2.03 bits per heavy atom. The van der Waals surface area contributed by atoms with Crippen molar-refractivity contribution in [3.63, 3.8) is 0 Å². The van der Waals surface area contributed by atoms with Gasteiger partial charge in [-0.15, -0.1) is 0 Å². The number of nitrogens with zero attached hydrogens (tertiary/aromatic N) is 1. The predicted molar refractivity (Wildman–Crippen MR) is 121 cm³/mol. The minimum Gasteiger partial charge on any atom is -0.493 e. The van der Waals surface area contributed by atoms with Crippen LogP contribution < -0.4 is 24.5 Å². The van der Waals surface area contributed by atoms with Crippen molar-refractivity contribution in [2.45, 2.75) is 0 Å². The molecule has 6 nitrogen and oxygen atoms in total. The zero-order chi connectivity index (χ0) is 21.6. The molecule has 0 atom stereocenters. The van der Waals surface area contributed by atoms with Gasteiger partial charge in [0.15, 0.2) is 23.0 Å². The van der Waals surface area contributed by atoms with Gasteiger partial charge in [-0.2, -0.15) is 0 Å². The number of methoxy groups -OCH3 is 4. The fourth-order valence-electron chi connectivity index (χ4n) is 4.22. The number of fused-ring (bicyclic) bond motifs is 5. The molecule has 1 heterocycles. The van der Waals surface area contributed by atoms with Crippen LogP contribution in [0.4, 0.5) is 0 Å². The van der Waals surface area contributed by atoms with Gasteiger partial charge in [-0.3, -0.25) is 4.79 Å². The minimum atomic E-state index is -0.171. The fourth-order valence-corrected chi connectivity index (χ4v) is 4.22. The molecule has 0 aliphatic carbocycles. The molecule has 0 fully saturated rings. The Kier molecular flexibility index (Phi) is 4.78. The fraction of sp³-hybridized carbons (Fsp3) is 0.208. The van der Waals surface area contributed by atoms with Crippen LogP contribution in [0.1, 0.15) is 5.56 Å². The molecule has 0 amide bonds. The van der Waals surface area contributed by atoms with Crippen molar-refractivity contribution in [1.29, 1.82) is 0 Å². The summed E-state index contributed by atoms with van der Waals surface area (Å²) in [5, 5.41) is 3.99. The number of aromatic nitrogens is 1. The average Bonchev–Trinajstić information content (AvgIpc) is 2.79. The molecule has 0 spiro atoms. The number of rotatable bonds is 5. The summed E-state index contributed by atoms with van der Waals surface area (Å²) in [5.41, 5.74) is 1.44. The highest BCUT2D eigenvalue weighted by Crippen LogP contribution is 2.42. The lowest BCUT2D eigenvalue weighted by Gasteiger charge is -2.18. The first-order chi connectivity index (χ1) is 14.5. The van der Waals surface area contributed by atoms with Gasteiger partial charge in [0.05, 0.1) is 39.3 Å². The number of hydrogen-bond donors (Lipinski definition) is 0. The minimum absolute atomic E-state index is 0.171. The van der Waals surface area contributed by atoms with E-state index in [0.717, 1.165) is 32.6 Å². The van der Waals surface area contributed by atoms with Gasteiger partial charge in [0.1, 0.15) is 0 Å². The van der Waals surface area contributed by atoms with Crippen LogP contribution in [-0.2, 0) is 7.05 Å². The maximum absolute atomic E-state index is 13.4. The summed E-state index contributed by atoms with van der Waals surface area (Å²) in [4.78, 5) is 13.4. The SMILES string of the molecule is C=Cc1c(OC)c(OC)cc2c1ccc1c3ccc(OC)c(OC)c3c(=O)n(C)c21. The Hall–Kier alpha value is -3.67. The zero-order valence-corrected chi connectivity index (χ0v) is 17.7. The molecule has 154 valence electrons. The third-order valence-corrected chi connectivity index (χ3v) is 5.57. The normalized spacial score (nSPS) is 11.1. The summed E-state index contributed by atoms with van der Waals surface area (Å²) in [6, 6.07) is 9.62. The number of pyridine rings is 1. The van der Waals surface area contributed by atoms with E-state index in [1.54, 1.807) is 39.0 Å². The lowest BCUT2D eigenvalue weighted by molar-refractivity contribution is 0.355. The van der Waals surface area contributed by atoms with Gasteiger partial charge in [-0.05, 0) is 23.6 Å². The van der Waals surface area contributed by atoms with E-state index in [0.29, 0.717) is 28.4 Å². The zero-order valence-electron chi connectivity index (χ0n) is 17.7. The highest BCUT2D eigenvalue weighted by atomic mass is 16.5. The second-order valence-corrected chi connectivity index (χ2v) is 6.87. The second-order valence-electron chi connectivity index (χ2n) is 6.87. The number of ether oxygens (including phenoxy) is 4. The van der Waals surface area contributed by atoms with Crippen LogP contribution >= 0.6 is 0 Å². The molecule has 0 N–H and O–H groups in total. The molecule has 0 aliphatic rings. The van der Waals surface area contributed by atoms with Crippen LogP contribution in [0.25, 0.3) is 38.5 Å². The third-order valence-electron chi connectivity index (χ3n) is 5.57. The van der Waals surface area contributed by atoms with Crippen molar-refractivity contribution >= 4 is 38.5 Å². The lowest BCUT2D eigenvalue weighted by Crippen LogP contribution is -2.18. The van der Waals surface area contributed by atoms with Gasteiger partial charge in [-0.25, -0.2) is 0 Å². The van der Waals surface area contributed by atoms with E-state index in [4.69, 9.17) is 18.9 Å². The number of aryl methyl sites for hydroxylation is 1. The molecule has 6 heteroatoms. The van der Waals surface area contributed by atoms with E-state index in [2.05, 4.69) is 6.58 Å². The largest absolute Gasteiger partial charge is 0.493 e. The van der Waals surface area contributed by atoms with Gasteiger partial charge in [0.2, 0.25) is 0 Å². The summed E-state index contributed by atoms with van der Waals surface area (Å²) in [5.74, 6) is 2.13. The maximum Gasteiger partial charge on any atom is 0.262 e. The Bertz CT molecular complexity index is 1380. The van der Waals surface area contributed by atoms with E-state index in [1.165, 1.54) is 7.11 Å². The van der Waals surface area contributed by atoms with Crippen molar-refractivity contribution in [3.8, 4) is 23.0 Å². The summed E-state index contributed by atoms with van der Waals surface area (Å²) >= 11 is 0. The second kappa shape index (κ2) is 7.30. The first-order valence-corrected chi connectivity index (χ1v) is 9.39. The first kappa shape index (κ1) is 19.6. The smallest absolute Gasteiger partial charge is 0.262 e. The van der Waals surface area contributed by atoms with Crippen molar-refractivity contribution in [3.05, 3.63) is 52.8 Å². The van der Waals surface area contributed by atoms with E-state index < -0.39 is 0 Å². The molecule has 0 radical (unpaired) electrons. The Morgan fingerprint density at radius 2 is 1.43 bits per heavy atom. The molecule has 30 heavy (non-hydrogen) atoms. The highest BCUT2D eigenvalue weighted by Gasteiger charge is 2.20.